The Morgan fingerprint density at radius 2 is 1.96 bits per heavy atom. The van der Waals surface area contributed by atoms with E-state index in [1.807, 2.05) is 41.8 Å². The molecule has 0 saturated carbocycles. The Labute approximate surface area is 149 Å². The molecule has 1 amide bonds. The number of hydrogen-bond donors (Lipinski definition) is 1. The minimum atomic E-state index is -0.00613. The highest BCUT2D eigenvalue weighted by molar-refractivity contribution is 7.13. The van der Waals surface area contributed by atoms with Crippen molar-refractivity contribution in [3.05, 3.63) is 70.5 Å². The summed E-state index contributed by atoms with van der Waals surface area (Å²) in [6.45, 7) is 0.442. The Hall–Kier alpha value is -2.24. The first-order valence-electron chi connectivity index (χ1n) is 7.57. The molecule has 0 bridgehead atoms. The van der Waals surface area contributed by atoms with Crippen molar-refractivity contribution in [1.82, 2.24) is 15.3 Å². The van der Waals surface area contributed by atoms with Gasteiger partial charge in [0, 0.05) is 41.3 Å². The first kappa shape index (κ1) is 16.6. The van der Waals surface area contributed by atoms with Crippen molar-refractivity contribution in [3.63, 3.8) is 0 Å². The second kappa shape index (κ2) is 8.04. The van der Waals surface area contributed by atoms with Gasteiger partial charge in [-0.05, 0) is 30.2 Å². The third kappa shape index (κ3) is 4.40. The van der Waals surface area contributed by atoms with E-state index < -0.39 is 0 Å². The van der Waals surface area contributed by atoms with E-state index in [-0.39, 0.29) is 5.91 Å². The summed E-state index contributed by atoms with van der Waals surface area (Å²) in [7, 11) is 0. The van der Waals surface area contributed by atoms with Crippen molar-refractivity contribution in [2.24, 2.45) is 0 Å². The minimum absolute atomic E-state index is 0.00613. The van der Waals surface area contributed by atoms with E-state index in [0.29, 0.717) is 24.4 Å². The molecule has 24 heavy (non-hydrogen) atoms. The van der Waals surface area contributed by atoms with Crippen LogP contribution in [0.4, 0.5) is 0 Å². The number of hydrogen-bond acceptors (Lipinski definition) is 4. The molecule has 0 aliphatic heterocycles. The fourth-order valence-corrected chi connectivity index (χ4v) is 3.28. The maximum Gasteiger partial charge on any atom is 0.220 e. The largest absolute Gasteiger partial charge is 0.352 e. The van der Waals surface area contributed by atoms with Crippen LogP contribution in [-0.2, 0) is 17.8 Å². The number of aryl methyl sites for hydroxylation is 1. The van der Waals surface area contributed by atoms with Gasteiger partial charge in [0.05, 0.1) is 5.69 Å². The Bertz CT molecular complexity index is 820. The fourth-order valence-electron chi connectivity index (χ4n) is 2.21. The number of amides is 1. The van der Waals surface area contributed by atoms with Gasteiger partial charge in [-0.25, -0.2) is 4.98 Å². The maximum absolute atomic E-state index is 12.0. The number of aromatic nitrogens is 2. The number of nitrogens with one attached hydrogen (secondary N) is 1. The number of benzene rings is 1. The summed E-state index contributed by atoms with van der Waals surface area (Å²) in [6.07, 6.45) is 4.52. The van der Waals surface area contributed by atoms with Gasteiger partial charge in [-0.2, -0.15) is 0 Å². The van der Waals surface area contributed by atoms with Crippen LogP contribution in [0.25, 0.3) is 10.6 Å². The number of thiazole rings is 1. The van der Waals surface area contributed by atoms with Crippen LogP contribution in [0.3, 0.4) is 0 Å². The molecule has 4 nitrogen and oxygen atoms in total. The predicted molar refractivity (Wildman–Crippen MR) is 97.0 cm³/mol. The van der Waals surface area contributed by atoms with Gasteiger partial charge >= 0.3 is 0 Å². The van der Waals surface area contributed by atoms with Crippen LogP contribution in [0.5, 0.6) is 0 Å². The van der Waals surface area contributed by atoms with Crippen LogP contribution in [-0.4, -0.2) is 15.9 Å². The lowest BCUT2D eigenvalue weighted by atomic mass is 10.2. The average Bonchev–Trinajstić information content (AvgIpc) is 3.09. The van der Waals surface area contributed by atoms with Crippen molar-refractivity contribution < 1.29 is 4.79 Å². The van der Waals surface area contributed by atoms with E-state index in [1.165, 1.54) is 0 Å². The molecule has 6 heteroatoms. The van der Waals surface area contributed by atoms with Crippen LogP contribution < -0.4 is 5.32 Å². The van der Waals surface area contributed by atoms with Gasteiger partial charge in [-0.1, -0.05) is 29.8 Å². The standard InChI is InChI=1S/C18H16ClN3OS/c19-16-4-2-1-3-14(16)11-21-17(23)6-5-15-12-24-18(22-15)13-7-9-20-10-8-13/h1-4,7-10,12H,5-6,11H2,(H,21,23). The molecule has 122 valence electrons. The lowest BCUT2D eigenvalue weighted by molar-refractivity contribution is -0.121. The highest BCUT2D eigenvalue weighted by Gasteiger charge is 2.08. The maximum atomic E-state index is 12.0. The van der Waals surface area contributed by atoms with Gasteiger partial charge in [-0.15, -0.1) is 11.3 Å². The van der Waals surface area contributed by atoms with E-state index in [1.54, 1.807) is 23.7 Å². The fraction of sp³-hybridized carbons (Fsp3) is 0.167. The van der Waals surface area contributed by atoms with E-state index in [2.05, 4.69) is 15.3 Å². The van der Waals surface area contributed by atoms with E-state index in [4.69, 9.17) is 11.6 Å². The zero-order chi connectivity index (χ0) is 16.8. The highest BCUT2D eigenvalue weighted by atomic mass is 35.5. The molecule has 3 aromatic rings. The molecular weight excluding hydrogens is 342 g/mol. The van der Waals surface area contributed by atoms with Crippen LogP contribution in [0.15, 0.2) is 54.2 Å². The normalized spacial score (nSPS) is 10.5. The molecule has 1 N–H and O–H groups in total. The topological polar surface area (TPSA) is 54.9 Å². The average molecular weight is 358 g/mol. The van der Waals surface area contributed by atoms with Gasteiger partial charge in [0.2, 0.25) is 5.91 Å². The number of rotatable bonds is 6. The van der Waals surface area contributed by atoms with Crippen LogP contribution in [0.2, 0.25) is 5.02 Å². The van der Waals surface area contributed by atoms with Gasteiger partial charge < -0.3 is 5.32 Å². The van der Waals surface area contributed by atoms with Crippen LogP contribution in [0.1, 0.15) is 17.7 Å². The number of nitrogens with zero attached hydrogens (tertiary/aromatic N) is 2. The van der Waals surface area contributed by atoms with Gasteiger partial charge in [0.25, 0.3) is 0 Å². The molecule has 0 aliphatic carbocycles. The lowest BCUT2D eigenvalue weighted by Gasteiger charge is -2.06. The van der Waals surface area contributed by atoms with Crippen LogP contribution in [0, 0.1) is 0 Å². The SMILES string of the molecule is O=C(CCc1csc(-c2ccncc2)n1)NCc1ccccc1Cl. The smallest absolute Gasteiger partial charge is 0.220 e. The summed E-state index contributed by atoms with van der Waals surface area (Å²) in [5.74, 6) is -0.00613. The third-order valence-corrected chi connectivity index (χ3v) is 4.83. The minimum Gasteiger partial charge on any atom is -0.352 e. The quantitative estimate of drug-likeness (QED) is 0.722. The second-order valence-corrected chi connectivity index (χ2v) is 6.51. The second-order valence-electron chi connectivity index (χ2n) is 5.25. The summed E-state index contributed by atoms with van der Waals surface area (Å²) >= 11 is 7.66. The van der Waals surface area contributed by atoms with Gasteiger partial charge in [-0.3, -0.25) is 9.78 Å². The molecule has 2 heterocycles. The summed E-state index contributed by atoms with van der Waals surface area (Å²) in [5, 5.41) is 6.50. The van der Waals surface area contributed by atoms with E-state index in [9.17, 15) is 4.79 Å². The number of carbonyl (C=O) groups is 1. The highest BCUT2D eigenvalue weighted by Crippen LogP contribution is 2.23. The Morgan fingerprint density at radius 1 is 1.17 bits per heavy atom. The monoisotopic (exact) mass is 357 g/mol. The van der Waals surface area contributed by atoms with E-state index >= 15 is 0 Å². The molecule has 0 aliphatic rings. The Morgan fingerprint density at radius 3 is 2.75 bits per heavy atom. The summed E-state index contributed by atoms with van der Waals surface area (Å²) in [6, 6.07) is 11.4. The molecule has 3 rings (SSSR count). The van der Waals surface area contributed by atoms with E-state index in [0.717, 1.165) is 21.8 Å². The molecule has 2 aromatic heterocycles. The molecule has 0 fully saturated rings. The summed E-state index contributed by atoms with van der Waals surface area (Å²) in [5.41, 5.74) is 2.89. The zero-order valence-electron chi connectivity index (χ0n) is 12.9. The zero-order valence-corrected chi connectivity index (χ0v) is 14.5. The first-order valence-corrected chi connectivity index (χ1v) is 8.83. The molecule has 0 atom stereocenters. The number of halogens is 1. The Balaban J connectivity index is 1.50. The van der Waals surface area contributed by atoms with Crippen molar-refractivity contribution in [2.75, 3.05) is 0 Å². The third-order valence-electron chi connectivity index (χ3n) is 3.52. The van der Waals surface area contributed by atoms with Gasteiger partial charge in [0.15, 0.2) is 0 Å². The number of pyridine rings is 1. The predicted octanol–water partition coefficient (Wildman–Crippen LogP) is 4.11. The number of carbonyl (C=O) groups excluding carboxylic acids is 1. The summed E-state index contributed by atoms with van der Waals surface area (Å²) < 4.78 is 0. The Kier molecular flexibility index (Phi) is 5.56. The molecule has 0 spiro atoms. The molecule has 0 unspecified atom stereocenters. The van der Waals surface area contributed by atoms with Crippen molar-refractivity contribution in [1.29, 1.82) is 0 Å². The molecule has 0 saturated heterocycles. The molecule has 0 radical (unpaired) electrons. The van der Waals surface area contributed by atoms with Crippen molar-refractivity contribution >= 4 is 28.8 Å². The lowest BCUT2D eigenvalue weighted by Crippen LogP contribution is -2.23. The van der Waals surface area contributed by atoms with Crippen molar-refractivity contribution in [2.45, 2.75) is 19.4 Å². The van der Waals surface area contributed by atoms with Crippen LogP contribution >= 0.6 is 22.9 Å². The molecule has 1 aromatic carbocycles. The summed E-state index contributed by atoms with van der Waals surface area (Å²) in [4.78, 5) is 20.6. The van der Waals surface area contributed by atoms with Crippen molar-refractivity contribution in [3.8, 4) is 10.6 Å². The molecular formula is C18H16ClN3OS. The first-order chi connectivity index (χ1) is 11.7. The van der Waals surface area contributed by atoms with Gasteiger partial charge in [0.1, 0.15) is 5.01 Å².